The molecule has 1 aromatic rings. The second-order valence-electron chi connectivity index (χ2n) is 1.54. The summed E-state index contributed by atoms with van der Waals surface area (Å²) in [4.78, 5) is 16.7. The third-order valence-corrected chi connectivity index (χ3v) is 1.10. The van der Waals surface area contributed by atoms with Gasteiger partial charge in [-0.05, 0) is 6.07 Å². The fourth-order valence-electron chi connectivity index (χ4n) is 0.501. The summed E-state index contributed by atoms with van der Waals surface area (Å²) in [7, 11) is 0. The SMILES string of the molecule is O=C=Nc1cc(Cl)ccn1. The summed E-state index contributed by atoms with van der Waals surface area (Å²) in [6, 6.07) is 3.08. The highest BCUT2D eigenvalue weighted by Gasteiger charge is 1.89. The number of isocyanates is 1. The van der Waals surface area contributed by atoms with Gasteiger partial charge in [-0.2, -0.15) is 0 Å². The molecule has 0 aliphatic carbocycles. The highest BCUT2D eigenvalue weighted by atomic mass is 35.5. The highest BCUT2D eigenvalue weighted by Crippen LogP contribution is 2.13. The quantitative estimate of drug-likeness (QED) is 0.457. The molecule has 10 heavy (non-hydrogen) atoms. The van der Waals surface area contributed by atoms with E-state index in [1.54, 1.807) is 6.07 Å². The summed E-state index contributed by atoms with van der Waals surface area (Å²) < 4.78 is 0. The van der Waals surface area contributed by atoms with Crippen molar-refractivity contribution in [3.63, 3.8) is 0 Å². The first-order valence-electron chi connectivity index (χ1n) is 2.52. The van der Waals surface area contributed by atoms with Gasteiger partial charge in [-0.15, -0.1) is 4.99 Å². The first kappa shape index (κ1) is 6.93. The summed E-state index contributed by atoms with van der Waals surface area (Å²) in [5.41, 5.74) is 0. The molecule has 0 fully saturated rings. The zero-order valence-corrected chi connectivity index (χ0v) is 5.67. The van der Waals surface area contributed by atoms with E-state index in [2.05, 4.69) is 9.98 Å². The molecule has 50 valence electrons. The molecule has 0 bridgehead atoms. The van der Waals surface area contributed by atoms with Crippen LogP contribution in [0, 0.1) is 0 Å². The van der Waals surface area contributed by atoms with E-state index in [-0.39, 0.29) is 5.82 Å². The van der Waals surface area contributed by atoms with Crippen LogP contribution < -0.4 is 0 Å². The van der Waals surface area contributed by atoms with Crippen molar-refractivity contribution in [3.05, 3.63) is 23.4 Å². The number of rotatable bonds is 1. The van der Waals surface area contributed by atoms with Crippen molar-refractivity contribution in [2.45, 2.75) is 0 Å². The average Bonchev–Trinajstić information content (AvgIpc) is 1.88. The topological polar surface area (TPSA) is 42.3 Å². The number of halogens is 1. The second-order valence-corrected chi connectivity index (χ2v) is 1.97. The normalized spacial score (nSPS) is 8.50. The Morgan fingerprint density at radius 1 is 1.70 bits per heavy atom. The van der Waals surface area contributed by atoms with E-state index in [1.165, 1.54) is 18.3 Å². The van der Waals surface area contributed by atoms with Crippen LogP contribution in [0.5, 0.6) is 0 Å². The zero-order chi connectivity index (χ0) is 7.40. The molecule has 0 N–H and O–H groups in total. The van der Waals surface area contributed by atoms with Crippen molar-refractivity contribution in [2.75, 3.05) is 0 Å². The van der Waals surface area contributed by atoms with Crippen molar-refractivity contribution < 1.29 is 4.79 Å². The fraction of sp³-hybridized carbons (Fsp3) is 0. The van der Waals surface area contributed by atoms with Gasteiger partial charge < -0.3 is 0 Å². The van der Waals surface area contributed by atoms with Crippen molar-refractivity contribution >= 4 is 23.5 Å². The van der Waals surface area contributed by atoms with Crippen molar-refractivity contribution in [1.82, 2.24) is 4.98 Å². The minimum absolute atomic E-state index is 0.280. The first-order valence-corrected chi connectivity index (χ1v) is 2.90. The molecule has 0 atom stereocenters. The number of hydrogen-bond acceptors (Lipinski definition) is 3. The molecular formula is C6H3ClN2O. The Balaban J connectivity index is 3.06. The summed E-state index contributed by atoms with van der Waals surface area (Å²) in [6.07, 6.45) is 2.84. The third kappa shape index (κ3) is 1.65. The van der Waals surface area contributed by atoms with Crippen LogP contribution in [0.3, 0.4) is 0 Å². The molecular weight excluding hydrogens is 152 g/mol. The van der Waals surface area contributed by atoms with Crippen LogP contribution in [0.4, 0.5) is 5.82 Å². The molecule has 0 saturated carbocycles. The van der Waals surface area contributed by atoms with Gasteiger partial charge in [0.1, 0.15) is 0 Å². The van der Waals surface area contributed by atoms with E-state index in [0.29, 0.717) is 5.02 Å². The van der Waals surface area contributed by atoms with Crippen LogP contribution in [0.25, 0.3) is 0 Å². The number of pyridine rings is 1. The molecule has 3 nitrogen and oxygen atoms in total. The maximum Gasteiger partial charge on any atom is 0.242 e. The Bertz CT molecular complexity index is 281. The Kier molecular flexibility index (Phi) is 2.15. The van der Waals surface area contributed by atoms with Crippen LogP contribution in [-0.4, -0.2) is 11.1 Å². The molecule has 0 aromatic carbocycles. The lowest BCUT2D eigenvalue weighted by Crippen LogP contribution is -1.70. The maximum atomic E-state index is 9.71. The zero-order valence-electron chi connectivity index (χ0n) is 4.91. The average molecular weight is 155 g/mol. The lowest BCUT2D eigenvalue weighted by Gasteiger charge is -1.87. The van der Waals surface area contributed by atoms with Crippen LogP contribution in [0.1, 0.15) is 0 Å². The lowest BCUT2D eigenvalue weighted by atomic mass is 10.5. The van der Waals surface area contributed by atoms with Crippen LogP contribution in [0.15, 0.2) is 23.3 Å². The molecule has 0 spiro atoms. The van der Waals surface area contributed by atoms with Gasteiger partial charge in [-0.1, -0.05) is 11.6 Å². The molecule has 0 saturated heterocycles. The van der Waals surface area contributed by atoms with E-state index in [9.17, 15) is 4.79 Å². The van der Waals surface area contributed by atoms with Gasteiger partial charge in [0.05, 0.1) is 0 Å². The molecule has 0 aliphatic rings. The van der Waals surface area contributed by atoms with E-state index in [4.69, 9.17) is 11.6 Å². The Morgan fingerprint density at radius 3 is 3.10 bits per heavy atom. The molecule has 4 heteroatoms. The van der Waals surface area contributed by atoms with Crippen LogP contribution >= 0.6 is 11.6 Å². The van der Waals surface area contributed by atoms with Crippen molar-refractivity contribution in [3.8, 4) is 0 Å². The molecule has 1 heterocycles. The summed E-state index contributed by atoms with van der Waals surface area (Å²) in [5.74, 6) is 0.280. The number of aromatic nitrogens is 1. The van der Waals surface area contributed by atoms with Gasteiger partial charge in [-0.3, -0.25) is 0 Å². The van der Waals surface area contributed by atoms with Gasteiger partial charge in [0.25, 0.3) is 0 Å². The van der Waals surface area contributed by atoms with Gasteiger partial charge in [0.15, 0.2) is 5.82 Å². The Morgan fingerprint density at radius 2 is 2.50 bits per heavy atom. The number of aliphatic imine (C=N–C) groups is 1. The Hall–Kier alpha value is -1.18. The van der Waals surface area contributed by atoms with Crippen molar-refractivity contribution in [1.29, 1.82) is 0 Å². The number of nitrogens with zero attached hydrogens (tertiary/aromatic N) is 2. The van der Waals surface area contributed by atoms with Gasteiger partial charge in [0.2, 0.25) is 6.08 Å². The summed E-state index contributed by atoms with van der Waals surface area (Å²) >= 11 is 5.55. The summed E-state index contributed by atoms with van der Waals surface area (Å²) in [6.45, 7) is 0. The van der Waals surface area contributed by atoms with Gasteiger partial charge in [-0.25, -0.2) is 9.78 Å². The van der Waals surface area contributed by atoms with E-state index in [1.807, 2.05) is 0 Å². The number of hydrogen-bond donors (Lipinski definition) is 0. The van der Waals surface area contributed by atoms with Gasteiger partial charge >= 0.3 is 0 Å². The van der Waals surface area contributed by atoms with E-state index in [0.717, 1.165) is 0 Å². The predicted molar refractivity (Wildman–Crippen MR) is 37.0 cm³/mol. The fourth-order valence-corrected chi connectivity index (χ4v) is 0.655. The monoisotopic (exact) mass is 154 g/mol. The van der Waals surface area contributed by atoms with Crippen LogP contribution in [0.2, 0.25) is 5.02 Å². The molecule has 0 radical (unpaired) electrons. The summed E-state index contributed by atoms with van der Waals surface area (Å²) in [5, 5.41) is 0.504. The minimum Gasteiger partial charge on any atom is -0.236 e. The third-order valence-electron chi connectivity index (χ3n) is 0.868. The Labute approximate surface area is 62.4 Å². The number of carbonyl (C=O) groups excluding carboxylic acids is 1. The van der Waals surface area contributed by atoms with E-state index < -0.39 is 0 Å². The largest absolute Gasteiger partial charge is 0.242 e. The first-order chi connectivity index (χ1) is 4.83. The smallest absolute Gasteiger partial charge is 0.236 e. The lowest BCUT2D eigenvalue weighted by molar-refractivity contribution is 0.565. The molecule has 1 aromatic heterocycles. The second kappa shape index (κ2) is 3.11. The molecule has 0 unspecified atom stereocenters. The standard InChI is InChI=1S/C6H3ClN2O/c7-5-1-2-8-6(3-5)9-4-10/h1-3H. The van der Waals surface area contributed by atoms with Crippen LogP contribution in [-0.2, 0) is 4.79 Å². The van der Waals surface area contributed by atoms with Crippen molar-refractivity contribution in [2.24, 2.45) is 4.99 Å². The van der Waals surface area contributed by atoms with E-state index >= 15 is 0 Å². The molecule has 0 amide bonds. The predicted octanol–water partition coefficient (Wildman–Crippen LogP) is 1.70. The molecule has 0 aliphatic heterocycles. The minimum atomic E-state index is 0.280. The maximum absolute atomic E-state index is 9.71. The molecule has 1 rings (SSSR count). The highest BCUT2D eigenvalue weighted by molar-refractivity contribution is 6.30. The van der Waals surface area contributed by atoms with Gasteiger partial charge in [0, 0.05) is 17.3 Å².